The number of anilines is 1. The van der Waals surface area contributed by atoms with Crippen molar-refractivity contribution in [3.05, 3.63) is 29.3 Å². The molecule has 19 heavy (non-hydrogen) atoms. The molecule has 1 aliphatic rings. The summed E-state index contributed by atoms with van der Waals surface area (Å²) in [6, 6.07) is 4.94. The first-order valence-corrected chi connectivity index (χ1v) is 7.40. The second-order valence-electron chi connectivity index (χ2n) is 4.63. The molecule has 0 aliphatic carbocycles. The van der Waals surface area contributed by atoms with Gasteiger partial charge in [-0.05, 0) is 43.2 Å². The van der Waals surface area contributed by atoms with Crippen LogP contribution in [0.1, 0.15) is 35.2 Å². The second-order valence-corrected chi connectivity index (χ2v) is 5.94. The molecule has 0 saturated carbocycles. The minimum Gasteiger partial charge on any atom is -0.478 e. The average Bonchev–Trinajstić information content (AvgIpc) is 2.41. The van der Waals surface area contributed by atoms with Crippen LogP contribution in [-0.4, -0.2) is 28.0 Å². The van der Waals surface area contributed by atoms with Crippen molar-refractivity contribution in [2.45, 2.75) is 31.4 Å². The Bertz CT molecular complexity index is 495. The van der Waals surface area contributed by atoms with Crippen molar-refractivity contribution < 1.29 is 14.7 Å². The fourth-order valence-corrected chi connectivity index (χ4v) is 3.36. The largest absolute Gasteiger partial charge is 0.478 e. The summed E-state index contributed by atoms with van der Waals surface area (Å²) in [5, 5.41) is 11.9. The molecule has 1 atom stereocenters. The van der Waals surface area contributed by atoms with Crippen LogP contribution in [0.3, 0.4) is 0 Å². The Balaban J connectivity index is 2.12. The van der Waals surface area contributed by atoms with E-state index in [2.05, 4.69) is 5.32 Å². The maximum Gasteiger partial charge on any atom is 0.336 e. The van der Waals surface area contributed by atoms with E-state index in [9.17, 15) is 9.59 Å². The fourth-order valence-electron chi connectivity index (χ4n) is 2.16. The SMILES string of the molecule is Cc1c(NC(=O)C2CCCCS2)cccc1C(=O)O. The third kappa shape index (κ3) is 3.29. The number of amides is 1. The smallest absolute Gasteiger partial charge is 0.336 e. The maximum absolute atomic E-state index is 12.1. The standard InChI is InChI=1S/C14H17NO3S/c1-9-10(14(17)18)5-4-6-11(9)15-13(16)12-7-2-3-8-19-12/h4-6,12H,2-3,7-8H2,1H3,(H,15,16)(H,17,18). The van der Waals surface area contributed by atoms with E-state index in [1.165, 1.54) is 6.42 Å². The number of carbonyl (C=O) groups excluding carboxylic acids is 1. The van der Waals surface area contributed by atoms with Gasteiger partial charge in [0.2, 0.25) is 5.91 Å². The summed E-state index contributed by atoms with van der Waals surface area (Å²) in [5.41, 5.74) is 1.43. The fraction of sp³-hybridized carbons (Fsp3) is 0.429. The Kier molecular flexibility index (Phi) is 4.47. The number of rotatable bonds is 3. The highest BCUT2D eigenvalue weighted by Gasteiger charge is 2.22. The monoisotopic (exact) mass is 279 g/mol. The zero-order valence-electron chi connectivity index (χ0n) is 10.8. The van der Waals surface area contributed by atoms with Crippen LogP contribution in [0.2, 0.25) is 0 Å². The number of hydrogen-bond donors (Lipinski definition) is 2. The predicted molar refractivity (Wildman–Crippen MR) is 76.9 cm³/mol. The Hall–Kier alpha value is -1.49. The number of carboxylic acids is 1. The van der Waals surface area contributed by atoms with Crippen LogP contribution < -0.4 is 5.32 Å². The third-order valence-corrected chi connectivity index (χ3v) is 4.67. The summed E-state index contributed by atoms with van der Waals surface area (Å²) in [4.78, 5) is 23.2. The molecule has 1 heterocycles. The first-order valence-electron chi connectivity index (χ1n) is 6.35. The van der Waals surface area contributed by atoms with Gasteiger partial charge in [-0.15, -0.1) is 11.8 Å². The molecule has 2 rings (SSSR count). The van der Waals surface area contributed by atoms with Gasteiger partial charge >= 0.3 is 5.97 Å². The first-order chi connectivity index (χ1) is 9.09. The minimum atomic E-state index is -0.972. The molecule has 1 saturated heterocycles. The van der Waals surface area contributed by atoms with Crippen molar-refractivity contribution in [3.63, 3.8) is 0 Å². The van der Waals surface area contributed by atoms with Crippen LogP contribution in [0.5, 0.6) is 0 Å². The molecule has 0 spiro atoms. The number of carboxylic acid groups (broad SMARTS) is 1. The van der Waals surface area contributed by atoms with E-state index < -0.39 is 5.97 Å². The molecular formula is C14H17NO3S. The number of hydrogen-bond acceptors (Lipinski definition) is 3. The summed E-state index contributed by atoms with van der Waals surface area (Å²) >= 11 is 1.68. The minimum absolute atomic E-state index is 0.0124. The van der Waals surface area contributed by atoms with Gasteiger partial charge in [-0.3, -0.25) is 4.79 Å². The lowest BCUT2D eigenvalue weighted by molar-refractivity contribution is -0.115. The van der Waals surface area contributed by atoms with E-state index in [1.54, 1.807) is 36.9 Å². The number of thioether (sulfide) groups is 1. The third-order valence-electron chi connectivity index (χ3n) is 3.29. The van der Waals surface area contributed by atoms with Crippen molar-refractivity contribution in [3.8, 4) is 0 Å². The normalized spacial score (nSPS) is 18.9. The van der Waals surface area contributed by atoms with Crippen LogP contribution in [0.4, 0.5) is 5.69 Å². The molecule has 5 heteroatoms. The lowest BCUT2D eigenvalue weighted by atomic mass is 10.1. The number of nitrogens with one attached hydrogen (secondary N) is 1. The Morgan fingerprint density at radius 3 is 2.79 bits per heavy atom. The van der Waals surface area contributed by atoms with E-state index in [1.807, 2.05) is 0 Å². The van der Waals surface area contributed by atoms with Gasteiger partial charge in [0.1, 0.15) is 0 Å². The van der Waals surface area contributed by atoms with E-state index in [4.69, 9.17) is 5.11 Å². The highest BCUT2D eigenvalue weighted by Crippen LogP contribution is 2.27. The van der Waals surface area contributed by atoms with E-state index in [-0.39, 0.29) is 16.7 Å². The lowest BCUT2D eigenvalue weighted by Crippen LogP contribution is -2.28. The molecule has 4 nitrogen and oxygen atoms in total. The zero-order chi connectivity index (χ0) is 13.8. The molecular weight excluding hydrogens is 262 g/mol. The molecule has 1 aliphatic heterocycles. The summed E-state index contributed by atoms with van der Waals surface area (Å²) in [6.07, 6.45) is 3.15. The van der Waals surface area contributed by atoms with Crippen molar-refractivity contribution in [2.75, 3.05) is 11.1 Å². The zero-order valence-corrected chi connectivity index (χ0v) is 11.6. The summed E-state index contributed by atoms with van der Waals surface area (Å²) in [6.45, 7) is 1.72. The molecule has 1 unspecified atom stereocenters. The van der Waals surface area contributed by atoms with Gasteiger partial charge in [0.05, 0.1) is 10.8 Å². The highest BCUT2D eigenvalue weighted by atomic mass is 32.2. The number of aromatic carboxylic acids is 1. The summed E-state index contributed by atoms with van der Waals surface area (Å²) in [7, 11) is 0. The molecule has 1 aromatic carbocycles. The Morgan fingerprint density at radius 1 is 1.37 bits per heavy atom. The Morgan fingerprint density at radius 2 is 2.16 bits per heavy atom. The van der Waals surface area contributed by atoms with E-state index in [0.29, 0.717) is 11.3 Å². The molecule has 1 amide bonds. The van der Waals surface area contributed by atoms with Crippen LogP contribution >= 0.6 is 11.8 Å². The van der Waals surface area contributed by atoms with Crippen molar-refractivity contribution in [2.24, 2.45) is 0 Å². The molecule has 2 N–H and O–H groups in total. The van der Waals surface area contributed by atoms with Crippen molar-refractivity contribution in [1.82, 2.24) is 0 Å². The van der Waals surface area contributed by atoms with Gasteiger partial charge in [-0.25, -0.2) is 4.79 Å². The number of benzene rings is 1. The predicted octanol–water partition coefficient (Wildman–Crippen LogP) is 2.92. The second kappa shape index (κ2) is 6.10. The molecule has 0 bridgehead atoms. The van der Waals surface area contributed by atoms with Gasteiger partial charge in [-0.2, -0.15) is 0 Å². The van der Waals surface area contributed by atoms with Crippen LogP contribution in [0.15, 0.2) is 18.2 Å². The van der Waals surface area contributed by atoms with Crippen LogP contribution in [0.25, 0.3) is 0 Å². The summed E-state index contributed by atoms with van der Waals surface area (Å²) < 4.78 is 0. The van der Waals surface area contributed by atoms with Crippen molar-refractivity contribution >= 4 is 29.3 Å². The first kappa shape index (κ1) is 13.9. The molecule has 1 fully saturated rings. The number of carbonyl (C=O) groups is 2. The van der Waals surface area contributed by atoms with Gasteiger partial charge in [0.25, 0.3) is 0 Å². The van der Waals surface area contributed by atoms with Gasteiger partial charge in [0, 0.05) is 5.69 Å². The van der Waals surface area contributed by atoms with Crippen LogP contribution in [0, 0.1) is 6.92 Å². The summed E-state index contributed by atoms with van der Waals surface area (Å²) in [5.74, 6) is 0.0302. The maximum atomic E-state index is 12.1. The van der Waals surface area contributed by atoms with E-state index in [0.717, 1.165) is 18.6 Å². The molecule has 1 aromatic rings. The topological polar surface area (TPSA) is 66.4 Å². The lowest BCUT2D eigenvalue weighted by Gasteiger charge is -2.21. The highest BCUT2D eigenvalue weighted by molar-refractivity contribution is 8.00. The van der Waals surface area contributed by atoms with Gasteiger partial charge < -0.3 is 10.4 Å². The Labute approximate surface area is 116 Å². The quantitative estimate of drug-likeness (QED) is 0.892. The van der Waals surface area contributed by atoms with Crippen LogP contribution in [-0.2, 0) is 4.79 Å². The molecule has 102 valence electrons. The van der Waals surface area contributed by atoms with Gasteiger partial charge in [0.15, 0.2) is 0 Å². The molecule has 0 radical (unpaired) electrons. The van der Waals surface area contributed by atoms with E-state index >= 15 is 0 Å². The average molecular weight is 279 g/mol. The van der Waals surface area contributed by atoms with Crippen molar-refractivity contribution in [1.29, 1.82) is 0 Å². The molecule has 0 aromatic heterocycles. The van der Waals surface area contributed by atoms with Gasteiger partial charge in [-0.1, -0.05) is 12.5 Å².